The Morgan fingerprint density at radius 3 is 2.82 bits per heavy atom. The summed E-state index contributed by atoms with van der Waals surface area (Å²) in [6.07, 6.45) is 0. The minimum Gasteiger partial charge on any atom is -0.348 e. The normalized spacial score (nSPS) is 12.2. The van der Waals surface area contributed by atoms with Crippen molar-refractivity contribution < 1.29 is 4.79 Å². The van der Waals surface area contributed by atoms with E-state index in [0.29, 0.717) is 15.9 Å². The van der Waals surface area contributed by atoms with Gasteiger partial charge in [0.15, 0.2) is 5.82 Å². The molecule has 0 spiro atoms. The highest BCUT2D eigenvalue weighted by atomic mass is 35.5. The van der Waals surface area contributed by atoms with E-state index in [0.717, 1.165) is 22.3 Å². The first-order valence-electron chi connectivity index (χ1n) is 8.61. The Labute approximate surface area is 176 Å². The number of carbonyl (C=O) groups excluding carboxylic acids is 1. The van der Waals surface area contributed by atoms with E-state index in [1.807, 2.05) is 47.2 Å². The second-order valence-corrected chi connectivity index (χ2v) is 7.90. The van der Waals surface area contributed by atoms with Crippen LogP contribution in [-0.2, 0) is 11.3 Å². The SMILES string of the molecule is C[C@H](NC(=O)Cn1c(-c2cscn2)nc2ccccc21)c1ccc(Cl)cc1Cl. The highest BCUT2D eigenvalue weighted by Crippen LogP contribution is 2.27. The molecule has 4 aromatic rings. The molecule has 28 heavy (non-hydrogen) atoms. The lowest BCUT2D eigenvalue weighted by Crippen LogP contribution is -2.30. The average molecular weight is 431 g/mol. The molecule has 1 amide bonds. The Balaban J connectivity index is 1.61. The third-order valence-corrected chi connectivity index (χ3v) is 5.57. The Bertz CT molecular complexity index is 1140. The van der Waals surface area contributed by atoms with Crippen LogP contribution in [0.25, 0.3) is 22.6 Å². The highest BCUT2D eigenvalue weighted by Gasteiger charge is 2.18. The molecule has 2 aromatic heterocycles. The van der Waals surface area contributed by atoms with Crippen LogP contribution in [0.5, 0.6) is 0 Å². The van der Waals surface area contributed by atoms with Crippen molar-refractivity contribution in [2.75, 3.05) is 0 Å². The lowest BCUT2D eigenvalue weighted by molar-refractivity contribution is -0.122. The van der Waals surface area contributed by atoms with Gasteiger partial charge in [0.05, 0.1) is 22.6 Å². The number of fused-ring (bicyclic) bond motifs is 1. The van der Waals surface area contributed by atoms with Crippen LogP contribution in [-0.4, -0.2) is 20.4 Å². The summed E-state index contributed by atoms with van der Waals surface area (Å²) in [4.78, 5) is 21.8. The topological polar surface area (TPSA) is 59.8 Å². The Morgan fingerprint density at radius 2 is 2.07 bits per heavy atom. The van der Waals surface area contributed by atoms with Crippen LogP contribution >= 0.6 is 34.5 Å². The number of hydrogen-bond donors (Lipinski definition) is 1. The molecule has 5 nitrogen and oxygen atoms in total. The van der Waals surface area contributed by atoms with Gasteiger partial charge in [0, 0.05) is 15.4 Å². The largest absolute Gasteiger partial charge is 0.348 e. The van der Waals surface area contributed by atoms with Crippen molar-refractivity contribution in [3.05, 3.63) is 69.0 Å². The van der Waals surface area contributed by atoms with Crippen LogP contribution in [0.15, 0.2) is 53.4 Å². The van der Waals surface area contributed by atoms with Crippen molar-refractivity contribution in [2.45, 2.75) is 19.5 Å². The summed E-state index contributed by atoms with van der Waals surface area (Å²) in [5.41, 5.74) is 5.03. The van der Waals surface area contributed by atoms with Gasteiger partial charge in [0.25, 0.3) is 0 Å². The molecule has 0 unspecified atom stereocenters. The molecular weight excluding hydrogens is 415 g/mol. The predicted octanol–water partition coefficient (Wildman–Crippen LogP) is 5.34. The van der Waals surface area contributed by atoms with Crippen molar-refractivity contribution in [1.82, 2.24) is 19.9 Å². The minimum absolute atomic E-state index is 0.128. The van der Waals surface area contributed by atoms with Crippen LogP contribution in [0.2, 0.25) is 10.0 Å². The predicted molar refractivity (Wildman–Crippen MR) is 114 cm³/mol. The summed E-state index contributed by atoms with van der Waals surface area (Å²) >= 11 is 13.7. The van der Waals surface area contributed by atoms with Crippen LogP contribution in [0.3, 0.4) is 0 Å². The van der Waals surface area contributed by atoms with Crippen molar-refractivity contribution in [2.24, 2.45) is 0 Å². The summed E-state index contributed by atoms with van der Waals surface area (Å²) < 4.78 is 1.88. The number of aromatic nitrogens is 3. The van der Waals surface area contributed by atoms with Gasteiger partial charge in [-0.05, 0) is 36.8 Å². The molecule has 2 heterocycles. The van der Waals surface area contributed by atoms with Crippen molar-refractivity contribution >= 4 is 51.5 Å². The number of benzene rings is 2. The molecule has 1 atom stereocenters. The number of amides is 1. The third kappa shape index (κ3) is 3.76. The summed E-state index contributed by atoms with van der Waals surface area (Å²) in [6.45, 7) is 2.02. The molecule has 0 aliphatic heterocycles. The molecule has 0 aliphatic carbocycles. The van der Waals surface area contributed by atoms with E-state index in [1.165, 1.54) is 11.3 Å². The molecule has 0 aliphatic rings. The zero-order valence-electron chi connectivity index (χ0n) is 14.9. The Kier molecular flexibility index (Phi) is 5.35. The minimum atomic E-state index is -0.255. The number of rotatable bonds is 5. The lowest BCUT2D eigenvalue weighted by Gasteiger charge is -2.17. The van der Waals surface area contributed by atoms with Gasteiger partial charge < -0.3 is 9.88 Å². The second kappa shape index (κ2) is 7.91. The first-order valence-corrected chi connectivity index (χ1v) is 10.3. The molecule has 0 bridgehead atoms. The number of carbonyl (C=O) groups is 1. The van der Waals surface area contributed by atoms with E-state index in [2.05, 4.69) is 15.3 Å². The fourth-order valence-electron chi connectivity index (χ4n) is 3.12. The molecule has 0 saturated heterocycles. The summed E-state index contributed by atoms with van der Waals surface area (Å²) in [6, 6.07) is 12.7. The maximum atomic E-state index is 12.8. The third-order valence-electron chi connectivity index (χ3n) is 4.42. The standard InChI is InChI=1S/C20H16Cl2N4OS/c1-12(14-7-6-13(21)8-15(14)22)24-19(27)9-26-18-5-3-2-4-16(18)25-20(26)17-10-28-11-23-17/h2-8,10-12H,9H2,1H3,(H,24,27)/t12-/m0/s1. The smallest absolute Gasteiger partial charge is 0.240 e. The van der Waals surface area contributed by atoms with Crippen LogP contribution in [0, 0.1) is 0 Å². The van der Waals surface area contributed by atoms with E-state index in [1.54, 1.807) is 17.6 Å². The first kappa shape index (κ1) is 18.9. The van der Waals surface area contributed by atoms with Gasteiger partial charge in [-0.2, -0.15) is 0 Å². The number of imidazole rings is 1. The van der Waals surface area contributed by atoms with Gasteiger partial charge >= 0.3 is 0 Å². The fourth-order valence-corrected chi connectivity index (χ4v) is 4.22. The van der Waals surface area contributed by atoms with Gasteiger partial charge in [0.1, 0.15) is 12.2 Å². The molecule has 1 N–H and O–H groups in total. The molecule has 8 heteroatoms. The molecular formula is C20H16Cl2N4OS. The maximum Gasteiger partial charge on any atom is 0.240 e. The summed E-state index contributed by atoms with van der Waals surface area (Å²) in [7, 11) is 0. The Hall–Kier alpha value is -2.41. The summed E-state index contributed by atoms with van der Waals surface area (Å²) in [5, 5.41) is 6.01. The van der Waals surface area contributed by atoms with Crippen LogP contribution < -0.4 is 5.32 Å². The number of para-hydroxylation sites is 2. The monoisotopic (exact) mass is 430 g/mol. The lowest BCUT2D eigenvalue weighted by atomic mass is 10.1. The molecule has 2 aromatic carbocycles. The van der Waals surface area contributed by atoms with E-state index >= 15 is 0 Å². The van der Waals surface area contributed by atoms with E-state index < -0.39 is 0 Å². The fraction of sp³-hybridized carbons (Fsp3) is 0.150. The maximum absolute atomic E-state index is 12.8. The number of nitrogens with zero attached hydrogens (tertiary/aromatic N) is 3. The zero-order chi connectivity index (χ0) is 19.7. The number of halogens is 2. The molecule has 4 rings (SSSR count). The number of thiazole rings is 1. The van der Waals surface area contributed by atoms with Crippen molar-refractivity contribution in [3.8, 4) is 11.5 Å². The molecule has 0 fully saturated rings. The molecule has 0 radical (unpaired) electrons. The summed E-state index contributed by atoms with van der Waals surface area (Å²) in [5.74, 6) is 0.535. The Morgan fingerprint density at radius 1 is 1.25 bits per heavy atom. The van der Waals surface area contributed by atoms with Crippen molar-refractivity contribution in [1.29, 1.82) is 0 Å². The zero-order valence-corrected chi connectivity index (χ0v) is 17.2. The van der Waals surface area contributed by atoms with Crippen LogP contribution in [0.4, 0.5) is 0 Å². The average Bonchev–Trinajstić information content (AvgIpc) is 3.30. The van der Waals surface area contributed by atoms with Crippen LogP contribution in [0.1, 0.15) is 18.5 Å². The highest BCUT2D eigenvalue weighted by molar-refractivity contribution is 7.07. The van der Waals surface area contributed by atoms with E-state index in [4.69, 9.17) is 23.2 Å². The molecule has 142 valence electrons. The second-order valence-electron chi connectivity index (χ2n) is 6.34. The van der Waals surface area contributed by atoms with Gasteiger partial charge in [-0.1, -0.05) is 41.4 Å². The van der Waals surface area contributed by atoms with Gasteiger partial charge in [0.2, 0.25) is 5.91 Å². The van der Waals surface area contributed by atoms with E-state index in [-0.39, 0.29) is 18.5 Å². The van der Waals surface area contributed by atoms with Crippen molar-refractivity contribution in [3.63, 3.8) is 0 Å². The molecule has 0 saturated carbocycles. The first-order chi connectivity index (χ1) is 13.5. The van der Waals surface area contributed by atoms with Gasteiger partial charge in [-0.25, -0.2) is 9.97 Å². The van der Waals surface area contributed by atoms with Gasteiger partial charge in [-0.15, -0.1) is 11.3 Å². The number of nitrogens with one attached hydrogen (secondary N) is 1. The van der Waals surface area contributed by atoms with E-state index in [9.17, 15) is 4.79 Å². The quantitative estimate of drug-likeness (QED) is 0.464. The van der Waals surface area contributed by atoms with Gasteiger partial charge in [-0.3, -0.25) is 4.79 Å². The number of hydrogen-bond acceptors (Lipinski definition) is 4.